The molecule has 0 radical (unpaired) electrons. The number of allylic oxidation sites excluding steroid dienone is 1. The molecule has 0 aromatic heterocycles. The summed E-state index contributed by atoms with van der Waals surface area (Å²) in [6, 6.07) is 14.8. The molecule has 0 heterocycles. The Morgan fingerprint density at radius 3 is 2.69 bits per heavy atom. The highest BCUT2D eigenvalue weighted by atomic mass is 14.0. The van der Waals surface area contributed by atoms with E-state index in [0.717, 1.165) is 6.42 Å². The molecule has 0 saturated heterocycles. The summed E-state index contributed by atoms with van der Waals surface area (Å²) in [5, 5.41) is 2.58. The predicted octanol–water partition coefficient (Wildman–Crippen LogP) is 4.81. The van der Waals surface area contributed by atoms with Crippen molar-refractivity contribution in [3.05, 3.63) is 59.3 Å². The van der Waals surface area contributed by atoms with Crippen molar-refractivity contribution in [1.82, 2.24) is 0 Å². The molecule has 0 atom stereocenters. The van der Waals surface area contributed by atoms with Gasteiger partial charge >= 0.3 is 0 Å². The fourth-order valence-corrected chi connectivity index (χ4v) is 1.68. The zero-order valence-electron chi connectivity index (χ0n) is 9.83. The molecule has 80 valence electrons. The molecule has 0 heteroatoms. The molecule has 0 bridgehead atoms. The van der Waals surface area contributed by atoms with Gasteiger partial charge in [-0.25, -0.2) is 0 Å². The molecule has 0 aliphatic heterocycles. The fourth-order valence-electron chi connectivity index (χ4n) is 1.68. The predicted molar refractivity (Wildman–Crippen MR) is 71.4 cm³/mol. The average Bonchev–Trinajstić information content (AvgIpc) is 2.35. The smallest absolute Gasteiger partial charge is 0.0101 e. The van der Waals surface area contributed by atoms with Gasteiger partial charge in [-0.15, -0.1) is 5.73 Å². The van der Waals surface area contributed by atoms with Crippen LogP contribution >= 0.6 is 0 Å². The first kappa shape index (κ1) is 10.7. The molecular weight excluding hydrogens is 192 g/mol. The summed E-state index contributed by atoms with van der Waals surface area (Å²) in [6.45, 7) is 4.26. The summed E-state index contributed by atoms with van der Waals surface area (Å²) < 4.78 is 0. The van der Waals surface area contributed by atoms with Crippen molar-refractivity contribution >= 4 is 16.8 Å². The van der Waals surface area contributed by atoms with Gasteiger partial charge in [0, 0.05) is 0 Å². The minimum absolute atomic E-state index is 1.06. The standard InChI is InChI=1S/C16H16/c1-3-13(2)11-12-15-9-6-8-14-7-4-5-10-16(14)15/h4-10,12H,3H2,1-2H3. The first-order valence-electron chi connectivity index (χ1n) is 5.71. The van der Waals surface area contributed by atoms with Crippen LogP contribution in [0.4, 0.5) is 0 Å². The van der Waals surface area contributed by atoms with E-state index in [0.29, 0.717) is 0 Å². The second-order valence-electron chi connectivity index (χ2n) is 3.99. The van der Waals surface area contributed by atoms with Crippen molar-refractivity contribution < 1.29 is 0 Å². The first-order chi connectivity index (χ1) is 7.81. The molecule has 0 aliphatic carbocycles. The largest absolute Gasteiger partial charge is 0.121 e. The van der Waals surface area contributed by atoms with Gasteiger partial charge in [-0.05, 0) is 41.3 Å². The molecule has 0 fully saturated rings. The summed E-state index contributed by atoms with van der Waals surface area (Å²) >= 11 is 0. The van der Waals surface area contributed by atoms with E-state index in [-0.39, 0.29) is 0 Å². The van der Waals surface area contributed by atoms with Gasteiger partial charge in [-0.1, -0.05) is 49.4 Å². The molecule has 0 N–H and O–H groups in total. The van der Waals surface area contributed by atoms with Gasteiger partial charge in [0.15, 0.2) is 0 Å². The highest BCUT2D eigenvalue weighted by molar-refractivity contribution is 5.90. The number of rotatable bonds is 2. The number of hydrogen-bond acceptors (Lipinski definition) is 0. The Morgan fingerprint density at radius 1 is 1.12 bits per heavy atom. The van der Waals surface area contributed by atoms with E-state index in [4.69, 9.17) is 0 Å². The summed E-state index contributed by atoms with van der Waals surface area (Å²) in [7, 11) is 0. The van der Waals surface area contributed by atoms with Crippen molar-refractivity contribution in [2.75, 3.05) is 0 Å². The zero-order chi connectivity index (χ0) is 11.4. The van der Waals surface area contributed by atoms with Gasteiger partial charge in [0.1, 0.15) is 0 Å². The second kappa shape index (κ2) is 4.83. The Hall–Kier alpha value is -1.78. The highest BCUT2D eigenvalue weighted by Crippen LogP contribution is 2.19. The van der Waals surface area contributed by atoms with Crippen molar-refractivity contribution in [2.24, 2.45) is 0 Å². The van der Waals surface area contributed by atoms with Crippen LogP contribution in [0.25, 0.3) is 16.8 Å². The van der Waals surface area contributed by atoms with Gasteiger partial charge in [-0.3, -0.25) is 0 Å². The van der Waals surface area contributed by atoms with Gasteiger partial charge < -0.3 is 0 Å². The first-order valence-corrected chi connectivity index (χ1v) is 5.71. The lowest BCUT2D eigenvalue weighted by Crippen LogP contribution is -1.76. The van der Waals surface area contributed by atoms with Crippen LogP contribution in [0.3, 0.4) is 0 Å². The van der Waals surface area contributed by atoms with E-state index >= 15 is 0 Å². The maximum absolute atomic E-state index is 3.33. The Bertz CT molecular complexity index is 550. The topological polar surface area (TPSA) is 0 Å². The molecule has 16 heavy (non-hydrogen) atoms. The van der Waals surface area contributed by atoms with Crippen molar-refractivity contribution in [3.8, 4) is 0 Å². The maximum atomic E-state index is 3.33. The van der Waals surface area contributed by atoms with Crippen LogP contribution in [0.1, 0.15) is 25.8 Å². The van der Waals surface area contributed by atoms with E-state index in [9.17, 15) is 0 Å². The minimum Gasteiger partial charge on any atom is -0.121 e. The molecule has 2 aromatic carbocycles. The highest BCUT2D eigenvalue weighted by Gasteiger charge is 1.95. The van der Waals surface area contributed by atoms with Crippen LogP contribution in [0.2, 0.25) is 0 Å². The summed E-state index contributed by atoms with van der Waals surface area (Å²) in [5.41, 5.74) is 5.86. The normalized spacial score (nSPS) is 9.88. The van der Waals surface area contributed by atoms with Gasteiger partial charge in [-0.2, -0.15) is 0 Å². The van der Waals surface area contributed by atoms with Gasteiger partial charge in [0.05, 0.1) is 0 Å². The van der Waals surface area contributed by atoms with Crippen molar-refractivity contribution in [3.63, 3.8) is 0 Å². The third kappa shape index (κ3) is 2.24. The Labute approximate surface area is 96.9 Å². The van der Waals surface area contributed by atoms with Crippen LogP contribution in [0.15, 0.2) is 53.8 Å². The van der Waals surface area contributed by atoms with E-state index in [2.05, 4.69) is 68.1 Å². The van der Waals surface area contributed by atoms with Crippen LogP contribution in [0.5, 0.6) is 0 Å². The summed E-state index contributed by atoms with van der Waals surface area (Å²) in [6.07, 6.45) is 3.14. The Kier molecular flexibility index (Phi) is 3.24. The average molecular weight is 208 g/mol. The Morgan fingerprint density at radius 2 is 1.88 bits per heavy atom. The lowest BCUT2D eigenvalue weighted by molar-refractivity contribution is 1.11. The van der Waals surface area contributed by atoms with E-state index in [1.54, 1.807) is 0 Å². The van der Waals surface area contributed by atoms with Crippen molar-refractivity contribution in [2.45, 2.75) is 20.3 Å². The number of fused-ring (bicyclic) bond motifs is 1. The number of hydrogen-bond donors (Lipinski definition) is 0. The molecule has 0 aliphatic rings. The monoisotopic (exact) mass is 208 g/mol. The molecular formula is C16H16. The van der Waals surface area contributed by atoms with Crippen LogP contribution < -0.4 is 0 Å². The van der Waals surface area contributed by atoms with E-state index in [1.165, 1.54) is 21.9 Å². The minimum atomic E-state index is 1.06. The zero-order valence-corrected chi connectivity index (χ0v) is 9.83. The molecule has 2 rings (SSSR count). The second-order valence-corrected chi connectivity index (χ2v) is 3.99. The molecule has 0 unspecified atom stereocenters. The lowest BCUT2D eigenvalue weighted by Gasteiger charge is -2.00. The van der Waals surface area contributed by atoms with Crippen LogP contribution in [-0.4, -0.2) is 0 Å². The van der Waals surface area contributed by atoms with Gasteiger partial charge in [0.2, 0.25) is 0 Å². The third-order valence-corrected chi connectivity index (χ3v) is 2.83. The summed E-state index contributed by atoms with van der Waals surface area (Å²) in [5.74, 6) is 0. The number of benzene rings is 2. The quantitative estimate of drug-likeness (QED) is 0.621. The Balaban J connectivity index is 2.57. The molecule has 0 saturated carbocycles. The van der Waals surface area contributed by atoms with Crippen molar-refractivity contribution in [1.29, 1.82) is 0 Å². The summed E-state index contributed by atoms with van der Waals surface area (Å²) in [4.78, 5) is 0. The third-order valence-electron chi connectivity index (χ3n) is 2.83. The SMILES string of the molecule is CCC(C)=C=Cc1cccc2ccccc12. The fraction of sp³-hybridized carbons (Fsp3) is 0.188. The van der Waals surface area contributed by atoms with Gasteiger partial charge in [0.25, 0.3) is 0 Å². The lowest BCUT2D eigenvalue weighted by atomic mass is 10.0. The molecule has 0 amide bonds. The van der Waals surface area contributed by atoms with Crippen LogP contribution in [0, 0.1) is 0 Å². The molecule has 0 nitrogen and oxygen atoms in total. The maximum Gasteiger partial charge on any atom is -0.0101 e. The van der Waals surface area contributed by atoms with Crippen LogP contribution in [-0.2, 0) is 0 Å². The van der Waals surface area contributed by atoms with E-state index < -0.39 is 0 Å². The van der Waals surface area contributed by atoms with E-state index in [1.807, 2.05) is 0 Å². The molecule has 0 spiro atoms. The molecule has 2 aromatic rings.